The zero-order chi connectivity index (χ0) is 13.0. The van der Waals surface area contributed by atoms with E-state index in [2.05, 4.69) is 31.0 Å². The number of nitrogens with zero attached hydrogens (tertiary/aromatic N) is 1. The molecule has 106 valence electrons. The lowest BCUT2D eigenvalue weighted by atomic mass is 9.79. The molecule has 0 spiro atoms. The van der Waals surface area contributed by atoms with Gasteiger partial charge in [-0.3, -0.25) is 4.90 Å². The molecule has 2 aliphatic heterocycles. The smallest absolute Gasteiger partial charge is 0.0469 e. The lowest BCUT2D eigenvalue weighted by molar-refractivity contribution is 0.0134. The highest BCUT2D eigenvalue weighted by Crippen LogP contribution is 2.32. The van der Waals surface area contributed by atoms with Crippen molar-refractivity contribution in [2.45, 2.75) is 58.0 Å². The fraction of sp³-hybridized carbons (Fsp3) is 1.00. The summed E-state index contributed by atoms with van der Waals surface area (Å²) in [6.45, 7) is 12.6. The van der Waals surface area contributed by atoms with Gasteiger partial charge < -0.3 is 10.1 Å². The Morgan fingerprint density at radius 1 is 1.22 bits per heavy atom. The summed E-state index contributed by atoms with van der Waals surface area (Å²) in [5.41, 5.74) is 0.272. The predicted octanol–water partition coefficient (Wildman–Crippen LogP) is 2.27. The Morgan fingerprint density at radius 2 is 1.83 bits per heavy atom. The number of rotatable bonds is 5. The molecule has 0 amide bonds. The van der Waals surface area contributed by atoms with Gasteiger partial charge in [-0.05, 0) is 65.1 Å². The SMILES string of the molecule is CCNC(C1CCOCC1)C(C)(C)N1CCCC1. The molecule has 0 aliphatic carbocycles. The van der Waals surface area contributed by atoms with Crippen LogP contribution >= 0.6 is 0 Å². The van der Waals surface area contributed by atoms with Gasteiger partial charge in [0.15, 0.2) is 0 Å². The second-order valence-electron chi connectivity index (χ2n) is 6.33. The molecule has 2 saturated heterocycles. The quantitative estimate of drug-likeness (QED) is 0.814. The molecule has 0 aromatic heterocycles. The van der Waals surface area contributed by atoms with Crippen LogP contribution in [0.3, 0.4) is 0 Å². The third-order valence-corrected chi connectivity index (χ3v) is 4.84. The van der Waals surface area contributed by atoms with Gasteiger partial charge >= 0.3 is 0 Å². The molecule has 2 rings (SSSR count). The van der Waals surface area contributed by atoms with Crippen molar-refractivity contribution < 1.29 is 4.74 Å². The van der Waals surface area contributed by atoms with Crippen LogP contribution in [-0.4, -0.2) is 49.3 Å². The molecule has 0 bridgehead atoms. The van der Waals surface area contributed by atoms with Crippen molar-refractivity contribution in [3.63, 3.8) is 0 Å². The monoisotopic (exact) mass is 254 g/mol. The van der Waals surface area contributed by atoms with E-state index in [1.54, 1.807) is 0 Å². The minimum atomic E-state index is 0.272. The Bertz CT molecular complexity index is 243. The van der Waals surface area contributed by atoms with Crippen LogP contribution in [-0.2, 0) is 4.74 Å². The van der Waals surface area contributed by atoms with Crippen molar-refractivity contribution in [3.8, 4) is 0 Å². The largest absolute Gasteiger partial charge is 0.381 e. The molecule has 2 heterocycles. The number of likely N-dealkylation sites (N-methyl/N-ethyl adjacent to an activating group) is 1. The van der Waals surface area contributed by atoms with Crippen LogP contribution in [0.15, 0.2) is 0 Å². The Morgan fingerprint density at radius 3 is 2.39 bits per heavy atom. The molecule has 18 heavy (non-hydrogen) atoms. The van der Waals surface area contributed by atoms with E-state index in [0.717, 1.165) is 25.7 Å². The first kappa shape index (κ1) is 14.3. The molecule has 0 aromatic carbocycles. The Hall–Kier alpha value is -0.120. The average Bonchev–Trinajstić information content (AvgIpc) is 2.91. The number of hydrogen-bond acceptors (Lipinski definition) is 3. The summed E-state index contributed by atoms with van der Waals surface area (Å²) in [5.74, 6) is 0.772. The predicted molar refractivity (Wildman–Crippen MR) is 75.9 cm³/mol. The molecule has 1 atom stereocenters. The van der Waals surface area contributed by atoms with E-state index in [0.29, 0.717) is 6.04 Å². The molecule has 1 unspecified atom stereocenters. The van der Waals surface area contributed by atoms with E-state index < -0.39 is 0 Å². The normalized spacial score (nSPS) is 25.5. The first-order chi connectivity index (χ1) is 8.66. The van der Waals surface area contributed by atoms with Gasteiger partial charge in [0, 0.05) is 24.8 Å². The van der Waals surface area contributed by atoms with E-state index in [9.17, 15) is 0 Å². The highest BCUT2D eigenvalue weighted by Gasteiger charge is 2.40. The maximum Gasteiger partial charge on any atom is 0.0469 e. The standard InChI is InChI=1S/C15H30N2O/c1-4-16-14(13-7-11-18-12-8-13)15(2,3)17-9-5-6-10-17/h13-14,16H,4-12H2,1-3H3. The first-order valence-electron chi connectivity index (χ1n) is 7.72. The Kier molecular flexibility index (Phi) is 5.05. The third-order valence-electron chi connectivity index (χ3n) is 4.84. The van der Waals surface area contributed by atoms with Gasteiger partial charge in [0.2, 0.25) is 0 Å². The minimum absolute atomic E-state index is 0.272. The highest BCUT2D eigenvalue weighted by atomic mass is 16.5. The van der Waals surface area contributed by atoms with E-state index in [4.69, 9.17) is 4.74 Å². The average molecular weight is 254 g/mol. The van der Waals surface area contributed by atoms with Crippen LogP contribution in [0.25, 0.3) is 0 Å². The molecule has 2 aliphatic rings. The van der Waals surface area contributed by atoms with Gasteiger partial charge in [-0.25, -0.2) is 0 Å². The second kappa shape index (κ2) is 6.36. The summed E-state index contributed by atoms with van der Waals surface area (Å²) >= 11 is 0. The van der Waals surface area contributed by atoms with Crippen molar-refractivity contribution in [2.24, 2.45) is 5.92 Å². The number of hydrogen-bond donors (Lipinski definition) is 1. The maximum absolute atomic E-state index is 5.52. The molecule has 0 radical (unpaired) electrons. The summed E-state index contributed by atoms with van der Waals surface area (Å²) in [6.07, 6.45) is 5.18. The van der Waals surface area contributed by atoms with Crippen LogP contribution in [0, 0.1) is 5.92 Å². The molecule has 0 aromatic rings. The summed E-state index contributed by atoms with van der Waals surface area (Å²) in [6, 6.07) is 0.601. The van der Waals surface area contributed by atoms with Crippen molar-refractivity contribution >= 4 is 0 Å². The minimum Gasteiger partial charge on any atom is -0.381 e. The molecular weight excluding hydrogens is 224 g/mol. The van der Waals surface area contributed by atoms with Crippen LogP contribution < -0.4 is 5.32 Å². The Balaban J connectivity index is 2.06. The summed E-state index contributed by atoms with van der Waals surface area (Å²) in [5, 5.41) is 3.77. The van der Waals surface area contributed by atoms with E-state index in [1.807, 2.05) is 0 Å². The molecule has 3 heteroatoms. The maximum atomic E-state index is 5.52. The fourth-order valence-corrected chi connectivity index (χ4v) is 3.75. The van der Waals surface area contributed by atoms with E-state index in [1.165, 1.54) is 38.8 Å². The van der Waals surface area contributed by atoms with E-state index in [-0.39, 0.29) is 5.54 Å². The van der Waals surface area contributed by atoms with Crippen LogP contribution in [0.2, 0.25) is 0 Å². The van der Waals surface area contributed by atoms with Crippen molar-refractivity contribution in [1.29, 1.82) is 0 Å². The second-order valence-corrected chi connectivity index (χ2v) is 6.33. The summed E-state index contributed by atoms with van der Waals surface area (Å²) < 4.78 is 5.52. The lowest BCUT2D eigenvalue weighted by Gasteiger charge is -2.47. The van der Waals surface area contributed by atoms with Gasteiger partial charge in [0.1, 0.15) is 0 Å². The molecular formula is C15H30N2O. The van der Waals surface area contributed by atoms with Crippen molar-refractivity contribution in [3.05, 3.63) is 0 Å². The first-order valence-corrected chi connectivity index (χ1v) is 7.72. The summed E-state index contributed by atoms with van der Waals surface area (Å²) in [7, 11) is 0. The summed E-state index contributed by atoms with van der Waals surface area (Å²) in [4.78, 5) is 2.69. The lowest BCUT2D eigenvalue weighted by Crippen LogP contribution is -2.60. The molecule has 2 fully saturated rings. The zero-order valence-corrected chi connectivity index (χ0v) is 12.4. The Labute approximate surface area is 112 Å². The number of nitrogens with one attached hydrogen (secondary N) is 1. The van der Waals surface area contributed by atoms with Crippen LogP contribution in [0.4, 0.5) is 0 Å². The van der Waals surface area contributed by atoms with Gasteiger partial charge in [0.25, 0.3) is 0 Å². The molecule has 0 saturated carbocycles. The molecule has 1 N–H and O–H groups in total. The van der Waals surface area contributed by atoms with Crippen molar-refractivity contribution in [1.82, 2.24) is 10.2 Å². The van der Waals surface area contributed by atoms with E-state index >= 15 is 0 Å². The van der Waals surface area contributed by atoms with Gasteiger partial charge in [-0.2, -0.15) is 0 Å². The van der Waals surface area contributed by atoms with Crippen LogP contribution in [0.1, 0.15) is 46.5 Å². The van der Waals surface area contributed by atoms with Gasteiger partial charge in [0.05, 0.1) is 0 Å². The van der Waals surface area contributed by atoms with Gasteiger partial charge in [-0.1, -0.05) is 6.92 Å². The van der Waals surface area contributed by atoms with Crippen molar-refractivity contribution in [2.75, 3.05) is 32.8 Å². The highest BCUT2D eigenvalue weighted by molar-refractivity contribution is 4.98. The molecule has 3 nitrogen and oxygen atoms in total. The fourth-order valence-electron chi connectivity index (χ4n) is 3.75. The number of ether oxygens (including phenoxy) is 1. The zero-order valence-electron chi connectivity index (χ0n) is 12.4. The third kappa shape index (κ3) is 3.06. The van der Waals surface area contributed by atoms with Gasteiger partial charge in [-0.15, -0.1) is 0 Å². The van der Waals surface area contributed by atoms with Crippen LogP contribution in [0.5, 0.6) is 0 Å². The topological polar surface area (TPSA) is 24.5 Å². The number of likely N-dealkylation sites (tertiary alicyclic amines) is 1.